The van der Waals surface area contributed by atoms with E-state index < -0.39 is 42.9 Å². The molecule has 0 amide bonds. The standard InChI is InChI=1S/C18H21NO7S/c1-8-5-14(21)25-12-6-10(3-4-11(8)12)24-18-15(19-9(2)27)17(23)16(22)13(7-20)26-18/h3-6,13,15-18,20,22-23H,7H2,1-2H3,(H,19,27)/t13-,15-,16-,17-,18-/m1/s1. The van der Waals surface area contributed by atoms with E-state index in [1.54, 1.807) is 32.0 Å². The van der Waals surface area contributed by atoms with Crippen molar-refractivity contribution in [2.24, 2.45) is 0 Å². The van der Waals surface area contributed by atoms with Crippen LogP contribution in [-0.4, -0.2) is 57.6 Å². The van der Waals surface area contributed by atoms with E-state index in [-0.39, 0.29) is 0 Å². The molecule has 0 unspecified atom stereocenters. The van der Waals surface area contributed by atoms with Gasteiger partial charge in [-0.15, -0.1) is 0 Å². The largest absolute Gasteiger partial charge is 0.462 e. The minimum atomic E-state index is -1.31. The van der Waals surface area contributed by atoms with Gasteiger partial charge in [-0.3, -0.25) is 0 Å². The first kappa shape index (κ1) is 19.7. The van der Waals surface area contributed by atoms with E-state index >= 15 is 0 Å². The minimum absolute atomic E-state index is 0.329. The van der Waals surface area contributed by atoms with Crippen LogP contribution in [0.3, 0.4) is 0 Å². The molecule has 27 heavy (non-hydrogen) atoms. The molecular weight excluding hydrogens is 374 g/mol. The third-order valence-corrected chi connectivity index (χ3v) is 4.54. The van der Waals surface area contributed by atoms with Gasteiger partial charge in [0.2, 0.25) is 6.29 Å². The molecule has 0 radical (unpaired) electrons. The Labute approximate surface area is 160 Å². The van der Waals surface area contributed by atoms with Crippen LogP contribution < -0.4 is 15.7 Å². The zero-order valence-corrected chi connectivity index (χ0v) is 15.6. The van der Waals surface area contributed by atoms with E-state index in [1.165, 1.54) is 6.07 Å². The summed E-state index contributed by atoms with van der Waals surface area (Å²) in [6, 6.07) is 5.50. The van der Waals surface area contributed by atoms with Crippen molar-refractivity contribution in [1.29, 1.82) is 0 Å². The van der Waals surface area contributed by atoms with E-state index in [1.807, 2.05) is 0 Å². The van der Waals surface area contributed by atoms with Crippen LogP contribution in [0.25, 0.3) is 11.0 Å². The Morgan fingerprint density at radius 1 is 1.30 bits per heavy atom. The van der Waals surface area contributed by atoms with Crippen molar-refractivity contribution in [3.63, 3.8) is 0 Å². The lowest BCUT2D eigenvalue weighted by molar-refractivity contribution is -0.242. The average molecular weight is 395 g/mol. The molecule has 1 saturated heterocycles. The van der Waals surface area contributed by atoms with Gasteiger partial charge in [0.15, 0.2) is 0 Å². The van der Waals surface area contributed by atoms with Gasteiger partial charge in [0.1, 0.15) is 35.7 Å². The number of hydrogen-bond acceptors (Lipinski definition) is 8. The molecule has 0 bridgehead atoms. The summed E-state index contributed by atoms with van der Waals surface area (Å²) < 4.78 is 16.6. The van der Waals surface area contributed by atoms with E-state index in [2.05, 4.69) is 5.32 Å². The van der Waals surface area contributed by atoms with Crippen LogP contribution in [0.1, 0.15) is 12.5 Å². The number of thiocarbonyl (C=S) groups is 1. The molecule has 3 rings (SSSR count). The van der Waals surface area contributed by atoms with Gasteiger partial charge in [0.05, 0.1) is 11.6 Å². The first-order valence-electron chi connectivity index (χ1n) is 8.41. The number of aliphatic hydroxyl groups excluding tert-OH is 3. The van der Waals surface area contributed by atoms with Crippen molar-refractivity contribution >= 4 is 28.2 Å². The molecule has 1 aromatic carbocycles. The second-order valence-corrected chi connectivity index (χ2v) is 7.07. The smallest absolute Gasteiger partial charge is 0.336 e. The number of aliphatic hydroxyl groups is 3. The Hall–Kier alpha value is -2.04. The molecule has 5 atom stereocenters. The molecule has 0 spiro atoms. The second-order valence-electron chi connectivity index (χ2n) is 6.46. The van der Waals surface area contributed by atoms with E-state index in [4.69, 9.17) is 26.1 Å². The molecule has 4 N–H and O–H groups in total. The summed E-state index contributed by atoms with van der Waals surface area (Å²) >= 11 is 5.02. The van der Waals surface area contributed by atoms with Crippen molar-refractivity contribution in [2.75, 3.05) is 6.61 Å². The van der Waals surface area contributed by atoms with Crippen LogP contribution in [0, 0.1) is 6.92 Å². The zero-order chi connectivity index (χ0) is 19.7. The molecule has 2 heterocycles. The van der Waals surface area contributed by atoms with Gasteiger partial charge in [-0.25, -0.2) is 4.79 Å². The second kappa shape index (κ2) is 7.91. The van der Waals surface area contributed by atoms with E-state index in [0.29, 0.717) is 16.3 Å². The fourth-order valence-corrected chi connectivity index (χ4v) is 3.22. The molecule has 0 aliphatic carbocycles. The number of fused-ring (bicyclic) bond motifs is 1. The lowest BCUT2D eigenvalue weighted by Crippen LogP contribution is -2.65. The van der Waals surface area contributed by atoms with Crippen molar-refractivity contribution < 1.29 is 29.2 Å². The molecule has 9 heteroatoms. The summed E-state index contributed by atoms with van der Waals surface area (Å²) in [7, 11) is 0. The van der Waals surface area contributed by atoms with Gasteiger partial charge in [-0.05, 0) is 31.5 Å². The summed E-state index contributed by atoms with van der Waals surface area (Å²) in [5, 5.41) is 33.5. The molecule has 146 valence electrons. The van der Waals surface area contributed by atoms with Gasteiger partial charge in [0, 0.05) is 17.5 Å². The molecular formula is C18H21NO7S. The van der Waals surface area contributed by atoms with Gasteiger partial charge in [-0.1, -0.05) is 12.2 Å². The normalized spacial score (nSPS) is 28.1. The number of hydrogen-bond donors (Lipinski definition) is 4. The predicted molar refractivity (Wildman–Crippen MR) is 101 cm³/mol. The lowest BCUT2D eigenvalue weighted by atomic mass is 9.97. The number of nitrogens with one attached hydrogen (secondary N) is 1. The summed E-state index contributed by atoms with van der Waals surface area (Å²) in [4.78, 5) is 12.0. The fourth-order valence-electron chi connectivity index (χ4n) is 3.08. The van der Waals surface area contributed by atoms with Crippen molar-refractivity contribution in [1.82, 2.24) is 5.32 Å². The maximum absolute atomic E-state index is 11.6. The van der Waals surface area contributed by atoms with Crippen LogP contribution in [0.2, 0.25) is 0 Å². The lowest BCUT2D eigenvalue weighted by Gasteiger charge is -2.42. The van der Waals surface area contributed by atoms with Crippen molar-refractivity contribution in [2.45, 2.75) is 44.5 Å². The molecule has 8 nitrogen and oxygen atoms in total. The Kier molecular flexibility index (Phi) is 5.78. The Bertz CT molecular complexity index is 899. The monoisotopic (exact) mass is 395 g/mol. The van der Waals surface area contributed by atoms with Gasteiger partial charge in [0.25, 0.3) is 0 Å². The first-order valence-corrected chi connectivity index (χ1v) is 8.81. The fraction of sp³-hybridized carbons (Fsp3) is 0.444. The first-order chi connectivity index (χ1) is 12.8. The van der Waals surface area contributed by atoms with Crippen LogP contribution in [-0.2, 0) is 4.74 Å². The molecule has 1 aliphatic heterocycles. The van der Waals surface area contributed by atoms with E-state index in [0.717, 1.165) is 10.9 Å². The SMILES string of the molecule is CC(=S)N[C@H]1[C@H](Oc2ccc3c(C)cc(=O)oc3c2)O[C@H](CO)[C@@H](O)[C@@H]1O. The highest BCUT2D eigenvalue weighted by Crippen LogP contribution is 2.27. The van der Waals surface area contributed by atoms with E-state index in [9.17, 15) is 20.1 Å². The number of rotatable bonds is 4. The Morgan fingerprint density at radius 3 is 2.70 bits per heavy atom. The molecule has 0 saturated carbocycles. The number of ether oxygens (including phenoxy) is 2. The highest BCUT2D eigenvalue weighted by Gasteiger charge is 2.45. The number of benzene rings is 1. The van der Waals surface area contributed by atoms with Crippen LogP contribution in [0.15, 0.2) is 33.5 Å². The third kappa shape index (κ3) is 4.12. The number of aryl methyl sites for hydroxylation is 1. The third-order valence-electron chi connectivity index (χ3n) is 4.43. The van der Waals surface area contributed by atoms with Gasteiger partial charge < -0.3 is 34.5 Å². The summed E-state index contributed by atoms with van der Waals surface area (Å²) in [6.07, 6.45) is -4.65. The zero-order valence-electron chi connectivity index (χ0n) is 14.8. The summed E-state index contributed by atoms with van der Waals surface area (Å²) in [6.45, 7) is 2.93. The van der Waals surface area contributed by atoms with Crippen LogP contribution in [0.4, 0.5) is 0 Å². The molecule has 1 fully saturated rings. The minimum Gasteiger partial charge on any atom is -0.462 e. The summed E-state index contributed by atoms with van der Waals surface area (Å²) in [5.41, 5.74) is 0.653. The maximum atomic E-state index is 11.6. The molecule has 1 aromatic heterocycles. The summed E-state index contributed by atoms with van der Waals surface area (Å²) in [5.74, 6) is 0.329. The average Bonchev–Trinajstić information content (AvgIpc) is 2.60. The highest BCUT2D eigenvalue weighted by molar-refractivity contribution is 7.80. The topological polar surface area (TPSA) is 121 Å². The highest BCUT2D eigenvalue weighted by atomic mass is 32.1. The quantitative estimate of drug-likeness (QED) is 0.426. The Balaban J connectivity index is 1.91. The molecule has 1 aliphatic rings. The maximum Gasteiger partial charge on any atom is 0.336 e. The van der Waals surface area contributed by atoms with Gasteiger partial charge >= 0.3 is 5.63 Å². The van der Waals surface area contributed by atoms with Crippen molar-refractivity contribution in [3.05, 3.63) is 40.2 Å². The Morgan fingerprint density at radius 2 is 2.04 bits per heavy atom. The van der Waals surface area contributed by atoms with Crippen molar-refractivity contribution in [3.8, 4) is 5.75 Å². The van der Waals surface area contributed by atoms with Crippen LogP contribution >= 0.6 is 12.2 Å². The predicted octanol–water partition coefficient (Wildman–Crippen LogP) is 0.225. The molecule has 2 aromatic rings. The van der Waals surface area contributed by atoms with Gasteiger partial charge in [-0.2, -0.15) is 0 Å². The van der Waals surface area contributed by atoms with Crippen LogP contribution in [0.5, 0.6) is 5.75 Å².